The number of halogens is 1. The second-order valence-electron chi connectivity index (χ2n) is 5.37. The Balaban J connectivity index is 1.69. The van der Waals surface area contributed by atoms with E-state index in [1.165, 1.54) is 0 Å². The monoisotopic (exact) mass is 376 g/mol. The zero-order valence-electron chi connectivity index (χ0n) is 12.7. The zero-order valence-corrected chi connectivity index (χ0v) is 14.3. The second-order valence-corrected chi connectivity index (χ2v) is 6.28. The minimum absolute atomic E-state index is 0.516. The molecule has 0 N–H and O–H groups in total. The van der Waals surface area contributed by atoms with E-state index in [2.05, 4.69) is 50.4 Å². The summed E-state index contributed by atoms with van der Waals surface area (Å²) in [6.45, 7) is 0. The van der Waals surface area contributed by atoms with Crippen LogP contribution in [0.1, 0.15) is 0 Å². The summed E-state index contributed by atoms with van der Waals surface area (Å²) in [5.41, 5.74) is 4.09. The fourth-order valence-corrected chi connectivity index (χ4v) is 2.78. The molecule has 24 heavy (non-hydrogen) atoms. The summed E-state index contributed by atoms with van der Waals surface area (Å²) < 4.78 is 6.86. The van der Waals surface area contributed by atoms with Gasteiger partial charge in [0, 0.05) is 15.6 Å². The van der Waals surface area contributed by atoms with Crippen LogP contribution < -0.4 is 0 Å². The lowest BCUT2D eigenvalue weighted by Gasteiger charge is -2.02. The molecule has 1 aromatic heterocycles. The van der Waals surface area contributed by atoms with E-state index in [9.17, 15) is 0 Å². The molecule has 4 rings (SSSR count). The van der Waals surface area contributed by atoms with Gasteiger partial charge in [0.05, 0.1) is 0 Å². The van der Waals surface area contributed by atoms with Gasteiger partial charge < -0.3 is 4.42 Å². The van der Waals surface area contributed by atoms with Crippen LogP contribution in [0.25, 0.3) is 34.0 Å². The van der Waals surface area contributed by atoms with Crippen molar-refractivity contribution in [3.05, 3.63) is 83.3 Å². The van der Waals surface area contributed by atoms with Crippen molar-refractivity contribution in [3.63, 3.8) is 0 Å². The van der Waals surface area contributed by atoms with E-state index in [1.54, 1.807) is 0 Å². The van der Waals surface area contributed by atoms with Crippen molar-refractivity contribution < 1.29 is 4.42 Å². The Kier molecular flexibility index (Phi) is 3.97. The van der Waals surface area contributed by atoms with Crippen molar-refractivity contribution in [2.75, 3.05) is 0 Å². The normalized spacial score (nSPS) is 10.7. The molecule has 3 aromatic carbocycles. The molecule has 1 heterocycles. The van der Waals surface area contributed by atoms with Crippen LogP contribution in [0.5, 0.6) is 0 Å². The number of hydrogen-bond donors (Lipinski definition) is 0. The van der Waals surface area contributed by atoms with Gasteiger partial charge in [0.25, 0.3) is 0 Å². The first kappa shape index (κ1) is 14.8. The van der Waals surface area contributed by atoms with Gasteiger partial charge in [0.2, 0.25) is 11.8 Å². The van der Waals surface area contributed by atoms with Crippen LogP contribution in [0.2, 0.25) is 0 Å². The molecule has 0 aliphatic rings. The molecule has 4 heteroatoms. The maximum atomic E-state index is 5.85. The fraction of sp³-hybridized carbons (Fsp3) is 0. The van der Waals surface area contributed by atoms with Crippen LogP contribution in [0, 0.1) is 0 Å². The molecule has 3 nitrogen and oxygen atoms in total. The van der Waals surface area contributed by atoms with Crippen LogP contribution in [0.15, 0.2) is 87.8 Å². The summed E-state index contributed by atoms with van der Waals surface area (Å²) >= 11 is 3.42. The summed E-state index contributed by atoms with van der Waals surface area (Å²) in [6, 6.07) is 26.1. The Morgan fingerprint density at radius 2 is 1.21 bits per heavy atom. The Morgan fingerprint density at radius 1 is 0.583 bits per heavy atom. The standard InChI is InChI=1S/C20H13BrN2O/c21-18-11-9-15(10-12-18)19-22-23-20(24-19)17-8-4-7-16(13-17)14-5-2-1-3-6-14/h1-13H. The molecule has 0 spiro atoms. The molecular weight excluding hydrogens is 364 g/mol. The number of benzene rings is 3. The third-order valence-electron chi connectivity index (χ3n) is 3.73. The van der Waals surface area contributed by atoms with E-state index in [4.69, 9.17) is 4.42 Å². The number of rotatable bonds is 3. The summed E-state index contributed by atoms with van der Waals surface area (Å²) in [4.78, 5) is 0. The largest absolute Gasteiger partial charge is 0.416 e. The predicted octanol–water partition coefficient (Wildman–Crippen LogP) is 5.83. The minimum Gasteiger partial charge on any atom is -0.416 e. The molecule has 116 valence electrons. The predicted molar refractivity (Wildman–Crippen MR) is 98.3 cm³/mol. The molecule has 0 aliphatic heterocycles. The molecule has 0 atom stereocenters. The van der Waals surface area contributed by atoms with Gasteiger partial charge in [-0.2, -0.15) is 0 Å². The quantitative estimate of drug-likeness (QED) is 0.451. The van der Waals surface area contributed by atoms with Crippen LogP contribution in [0.3, 0.4) is 0 Å². The first-order chi connectivity index (χ1) is 11.8. The fourth-order valence-electron chi connectivity index (χ4n) is 2.51. The third-order valence-corrected chi connectivity index (χ3v) is 4.26. The molecule has 0 saturated heterocycles. The zero-order chi connectivity index (χ0) is 16.4. The lowest BCUT2D eigenvalue weighted by molar-refractivity contribution is 0.584. The van der Waals surface area contributed by atoms with Crippen LogP contribution in [-0.2, 0) is 0 Å². The van der Waals surface area contributed by atoms with E-state index in [-0.39, 0.29) is 0 Å². The highest BCUT2D eigenvalue weighted by molar-refractivity contribution is 9.10. The van der Waals surface area contributed by atoms with E-state index in [0.29, 0.717) is 11.8 Å². The van der Waals surface area contributed by atoms with Crippen molar-refractivity contribution in [2.45, 2.75) is 0 Å². The Bertz CT molecular complexity index is 962. The molecule has 4 aromatic rings. The molecule has 0 amide bonds. The summed E-state index contributed by atoms with van der Waals surface area (Å²) in [5.74, 6) is 1.04. The topological polar surface area (TPSA) is 38.9 Å². The minimum atomic E-state index is 0.516. The highest BCUT2D eigenvalue weighted by Crippen LogP contribution is 2.28. The number of nitrogens with zero attached hydrogens (tertiary/aromatic N) is 2. The molecule has 0 aliphatic carbocycles. The second kappa shape index (κ2) is 6.42. The van der Waals surface area contributed by atoms with Crippen molar-refractivity contribution >= 4 is 15.9 Å². The van der Waals surface area contributed by atoms with Gasteiger partial charge in [0.15, 0.2) is 0 Å². The Morgan fingerprint density at radius 3 is 1.96 bits per heavy atom. The average Bonchev–Trinajstić information content (AvgIpc) is 3.13. The molecule has 0 unspecified atom stereocenters. The lowest BCUT2D eigenvalue weighted by Crippen LogP contribution is -1.81. The van der Waals surface area contributed by atoms with Gasteiger partial charge in [-0.05, 0) is 47.5 Å². The summed E-state index contributed by atoms with van der Waals surface area (Å²) in [7, 11) is 0. The molecule has 0 saturated carbocycles. The molecule has 0 fully saturated rings. The van der Waals surface area contributed by atoms with Crippen molar-refractivity contribution in [3.8, 4) is 34.0 Å². The number of aromatic nitrogens is 2. The SMILES string of the molecule is Brc1ccc(-c2nnc(-c3cccc(-c4ccccc4)c3)o2)cc1. The highest BCUT2D eigenvalue weighted by Gasteiger charge is 2.11. The molecule has 0 radical (unpaired) electrons. The van der Waals surface area contributed by atoms with Crippen LogP contribution >= 0.6 is 15.9 Å². The van der Waals surface area contributed by atoms with Gasteiger partial charge in [-0.1, -0.05) is 58.4 Å². The van der Waals surface area contributed by atoms with Gasteiger partial charge in [-0.25, -0.2) is 0 Å². The summed E-state index contributed by atoms with van der Waals surface area (Å²) in [5, 5.41) is 8.35. The van der Waals surface area contributed by atoms with Crippen molar-refractivity contribution in [1.29, 1.82) is 0 Å². The van der Waals surface area contributed by atoms with E-state index < -0.39 is 0 Å². The van der Waals surface area contributed by atoms with Gasteiger partial charge in [-0.3, -0.25) is 0 Å². The lowest BCUT2D eigenvalue weighted by atomic mass is 10.0. The van der Waals surface area contributed by atoms with Gasteiger partial charge in [0.1, 0.15) is 0 Å². The van der Waals surface area contributed by atoms with Crippen molar-refractivity contribution in [2.24, 2.45) is 0 Å². The maximum absolute atomic E-state index is 5.85. The molecular formula is C20H13BrN2O. The Labute approximate surface area is 148 Å². The molecule has 0 bridgehead atoms. The van der Waals surface area contributed by atoms with E-state index >= 15 is 0 Å². The number of hydrogen-bond acceptors (Lipinski definition) is 3. The third kappa shape index (κ3) is 3.01. The first-order valence-corrected chi connectivity index (χ1v) is 8.34. The average molecular weight is 377 g/mol. The van der Waals surface area contributed by atoms with Gasteiger partial charge >= 0.3 is 0 Å². The van der Waals surface area contributed by atoms with E-state index in [1.807, 2.05) is 54.6 Å². The van der Waals surface area contributed by atoms with Gasteiger partial charge in [-0.15, -0.1) is 10.2 Å². The smallest absolute Gasteiger partial charge is 0.248 e. The summed E-state index contributed by atoms with van der Waals surface area (Å²) in [6.07, 6.45) is 0. The van der Waals surface area contributed by atoms with Crippen LogP contribution in [-0.4, -0.2) is 10.2 Å². The van der Waals surface area contributed by atoms with E-state index in [0.717, 1.165) is 26.7 Å². The van der Waals surface area contributed by atoms with Crippen molar-refractivity contribution in [1.82, 2.24) is 10.2 Å². The maximum Gasteiger partial charge on any atom is 0.248 e. The highest BCUT2D eigenvalue weighted by atomic mass is 79.9. The first-order valence-electron chi connectivity index (χ1n) is 7.55. The van der Waals surface area contributed by atoms with Crippen LogP contribution in [0.4, 0.5) is 0 Å². The Hall–Kier alpha value is -2.72.